The van der Waals surface area contributed by atoms with Crippen LogP contribution in [0.4, 0.5) is 0 Å². The molecule has 1 N–H and O–H groups in total. The number of rotatable bonds is 7. The number of aliphatic hydroxyl groups is 1. The number of allylic oxidation sites excluding steroid dienone is 1. The Bertz CT molecular complexity index is 243. The van der Waals surface area contributed by atoms with Crippen molar-refractivity contribution in [1.82, 2.24) is 0 Å². The van der Waals surface area contributed by atoms with Crippen molar-refractivity contribution in [2.24, 2.45) is 11.8 Å². The van der Waals surface area contributed by atoms with Crippen molar-refractivity contribution in [2.75, 3.05) is 0 Å². The molecule has 0 aliphatic rings. The molecule has 0 aliphatic heterocycles. The summed E-state index contributed by atoms with van der Waals surface area (Å²) in [7, 11) is 0. The summed E-state index contributed by atoms with van der Waals surface area (Å²) in [5, 5.41) is 9.60. The van der Waals surface area contributed by atoms with Crippen molar-refractivity contribution in [3.05, 3.63) is 12.2 Å². The van der Waals surface area contributed by atoms with Gasteiger partial charge in [0.05, 0.1) is 0 Å². The van der Waals surface area contributed by atoms with E-state index in [9.17, 15) is 5.11 Å². The molecule has 0 saturated carbocycles. The van der Waals surface area contributed by atoms with Crippen LogP contribution in [-0.4, -0.2) is 10.7 Å². The van der Waals surface area contributed by atoms with Gasteiger partial charge in [-0.15, -0.1) is 6.42 Å². The van der Waals surface area contributed by atoms with E-state index in [-0.39, 0.29) is 0 Å². The molecule has 0 aromatic heterocycles. The predicted molar refractivity (Wildman–Crippen MR) is 71.1 cm³/mol. The maximum atomic E-state index is 9.60. The van der Waals surface area contributed by atoms with E-state index in [4.69, 9.17) is 6.42 Å². The Labute approximate surface area is 101 Å². The molecule has 0 radical (unpaired) electrons. The monoisotopic (exact) mass is 222 g/mol. The van der Waals surface area contributed by atoms with Crippen LogP contribution in [0.2, 0.25) is 0 Å². The molecule has 2 unspecified atom stereocenters. The summed E-state index contributed by atoms with van der Waals surface area (Å²) >= 11 is 0. The highest BCUT2D eigenvalue weighted by Crippen LogP contribution is 2.15. The molecule has 0 fully saturated rings. The zero-order chi connectivity index (χ0) is 12.6. The van der Waals surface area contributed by atoms with Crippen LogP contribution in [0.3, 0.4) is 0 Å². The van der Waals surface area contributed by atoms with Gasteiger partial charge >= 0.3 is 0 Å². The quantitative estimate of drug-likeness (QED) is 0.513. The molecule has 1 heteroatoms. The van der Waals surface area contributed by atoms with E-state index in [1.807, 2.05) is 6.08 Å². The van der Waals surface area contributed by atoms with Crippen molar-refractivity contribution in [1.29, 1.82) is 0 Å². The van der Waals surface area contributed by atoms with Gasteiger partial charge < -0.3 is 5.11 Å². The van der Waals surface area contributed by atoms with Crippen LogP contribution >= 0.6 is 0 Å². The summed E-state index contributed by atoms with van der Waals surface area (Å²) in [6.07, 6.45) is 13.7. The summed E-state index contributed by atoms with van der Waals surface area (Å²) in [5.41, 5.74) is -0.992. The second kappa shape index (κ2) is 7.52. The van der Waals surface area contributed by atoms with Crippen molar-refractivity contribution in [2.45, 2.75) is 59.0 Å². The van der Waals surface area contributed by atoms with Crippen molar-refractivity contribution in [3.8, 4) is 12.3 Å². The average Bonchev–Trinajstić information content (AvgIpc) is 2.17. The standard InChI is InChI=1S/C15H26O/c1-6-15(5,16)12-8-11-14(4)10-7-9-13(2)3/h1,8,11,13-14,16H,7,9-10,12H2,2-5H3. The summed E-state index contributed by atoms with van der Waals surface area (Å²) in [6, 6.07) is 0. The van der Waals surface area contributed by atoms with Gasteiger partial charge in [-0.05, 0) is 25.2 Å². The van der Waals surface area contributed by atoms with Gasteiger partial charge in [0.2, 0.25) is 0 Å². The van der Waals surface area contributed by atoms with Crippen LogP contribution in [0, 0.1) is 24.2 Å². The minimum absolute atomic E-state index is 0.540. The smallest absolute Gasteiger partial charge is 0.125 e. The maximum absolute atomic E-state index is 9.60. The van der Waals surface area contributed by atoms with Gasteiger partial charge in [0, 0.05) is 6.42 Å². The van der Waals surface area contributed by atoms with E-state index < -0.39 is 5.60 Å². The number of hydrogen-bond acceptors (Lipinski definition) is 1. The minimum Gasteiger partial charge on any atom is -0.378 e. The minimum atomic E-state index is -0.992. The Morgan fingerprint density at radius 1 is 1.31 bits per heavy atom. The second-order valence-corrected chi connectivity index (χ2v) is 5.35. The first kappa shape index (κ1) is 15.3. The molecule has 1 nitrogen and oxygen atoms in total. The van der Waals surface area contributed by atoms with Gasteiger partial charge in [0.15, 0.2) is 0 Å². The van der Waals surface area contributed by atoms with Gasteiger partial charge in [-0.1, -0.05) is 51.7 Å². The zero-order valence-corrected chi connectivity index (χ0v) is 11.2. The van der Waals surface area contributed by atoms with Crippen LogP contribution in [0.15, 0.2) is 12.2 Å². The number of terminal acetylenes is 1. The Balaban J connectivity index is 3.75. The molecule has 0 bridgehead atoms. The molecule has 0 aliphatic carbocycles. The van der Waals surface area contributed by atoms with Crippen molar-refractivity contribution >= 4 is 0 Å². The molecule has 0 rings (SSSR count). The molecule has 0 saturated heterocycles. The van der Waals surface area contributed by atoms with E-state index in [0.29, 0.717) is 12.3 Å². The lowest BCUT2D eigenvalue weighted by Gasteiger charge is -2.13. The fraction of sp³-hybridized carbons (Fsp3) is 0.733. The third kappa shape index (κ3) is 8.56. The van der Waals surface area contributed by atoms with E-state index in [1.165, 1.54) is 19.3 Å². The molecule has 2 atom stereocenters. The summed E-state index contributed by atoms with van der Waals surface area (Å²) in [6.45, 7) is 8.39. The fourth-order valence-electron chi connectivity index (χ4n) is 1.53. The van der Waals surface area contributed by atoms with E-state index >= 15 is 0 Å². The zero-order valence-electron chi connectivity index (χ0n) is 11.2. The van der Waals surface area contributed by atoms with Crippen LogP contribution < -0.4 is 0 Å². The van der Waals surface area contributed by atoms with E-state index in [2.05, 4.69) is 32.8 Å². The van der Waals surface area contributed by atoms with Gasteiger partial charge in [-0.3, -0.25) is 0 Å². The normalized spacial score (nSPS) is 17.3. The topological polar surface area (TPSA) is 20.2 Å². The highest BCUT2D eigenvalue weighted by atomic mass is 16.3. The average molecular weight is 222 g/mol. The lowest BCUT2D eigenvalue weighted by Crippen LogP contribution is -2.19. The predicted octanol–water partition coefficient (Wildman–Crippen LogP) is 3.78. The molecule has 0 spiro atoms. The van der Waals surface area contributed by atoms with Crippen molar-refractivity contribution in [3.63, 3.8) is 0 Å². The molecule has 0 amide bonds. The first-order chi connectivity index (χ1) is 7.37. The molecule has 0 aromatic carbocycles. The first-order valence-electron chi connectivity index (χ1n) is 6.24. The van der Waals surface area contributed by atoms with E-state index in [1.54, 1.807) is 6.92 Å². The fourth-order valence-corrected chi connectivity index (χ4v) is 1.53. The van der Waals surface area contributed by atoms with Gasteiger partial charge in [-0.25, -0.2) is 0 Å². The first-order valence-corrected chi connectivity index (χ1v) is 6.24. The Morgan fingerprint density at radius 2 is 1.94 bits per heavy atom. The Kier molecular flexibility index (Phi) is 7.17. The molecule has 16 heavy (non-hydrogen) atoms. The van der Waals surface area contributed by atoms with Crippen molar-refractivity contribution < 1.29 is 5.11 Å². The molecule has 92 valence electrons. The van der Waals surface area contributed by atoms with Crippen LogP contribution in [0.1, 0.15) is 53.4 Å². The Morgan fingerprint density at radius 3 is 2.44 bits per heavy atom. The second-order valence-electron chi connectivity index (χ2n) is 5.35. The largest absolute Gasteiger partial charge is 0.378 e. The van der Waals surface area contributed by atoms with Gasteiger partial charge in [-0.2, -0.15) is 0 Å². The lowest BCUT2D eigenvalue weighted by atomic mass is 9.97. The van der Waals surface area contributed by atoms with Crippen LogP contribution in [-0.2, 0) is 0 Å². The summed E-state index contributed by atoms with van der Waals surface area (Å²) < 4.78 is 0. The molecule has 0 heterocycles. The third-order valence-electron chi connectivity index (χ3n) is 2.73. The van der Waals surface area contributed by atoms with Crippen LogP contribution in [0.5, 0.6) is 0 Å². The van der Waals surface area contributed by atoms with E-state index in [0.717, 1.165) is 5.92 Å². The summed E-state index contributed by atoms with van der Waals surface area (Å²) in [5.74, 6) is 3.74. The Hall–Kier alpha value is -0.740. The molecular weight excluding hydrogens is 196 g/mol. The number of hydrogen-bond donors (Lipinski definition) is 1. The molecular formula is C15H26O. The summed E-state index contributed by atoms with van der Waals surface area (Å²) in [4.78, 5) is 0. The van der Waals surface area contributed by atoms with Crippen LogP contribution in [0.25, 0.3) is 0 Å². The third-order valence-corrected chi connectivity index (χ3v) is 2.73. The molecule has 0 aromatic rings. The van der Waals surface area contributed by atoms with Gasteiger partial charge in [0.25, 0.3) is 0 Å². The van der Waals surface area contributed by atoms with Gasteiger partial charge in [0.1, 0.15) is 5.60 Å². The highest BCUT2D eigenvalue weighted by molar-refractivity contribution is 5.08. The SMILES string of the molecule is C#CC(C)(O)CC=CC(C)CCCC(C)C. The maximum Gasteiger partial charge on any atom is 0.125 e. The lowest BCUT2D eigenvalue weighted by molar-refractivity contribution is 0.126. The highest BCUT2D eigenvalue weighted by Gasteiger charge is 2.13.